The van der Waals surface area contributed by atoms with Crippen molar-refractivity contribution in [2.24, 2.45) is 0 Å². The fourth-order valence-corrected chi connectivity index (χ4v) is 5.12. The summed E-state index contributed by atoms with van der Waals surface area (Å²) in [5.41, 5.74) is 2.09. The number of alkyl halides is 3. The highest BCUT2D eigenvalue weighted by Crippen LogP contribution is 2.53. The summed E-state index contributed by atoms with van der Waals surface area (Å²) < 4.78 is 50.0. The molecule has 2 heterocycles. The lowest BCUT2D eigenvalue weighted by molar-refractivity contribution is -0.167. The molecule has 0 aliphatic carbocycles. The third-order valence-corrected chi connectivity index (χ3v) is 6.90. The van der Waals surface area contributed by atoms with Gasteiger partial charge in [-0.3, -0.25) is 0 Å². The zero-order valence-electron chi connectivity index (χ0n) is 17.8. The third-order valence-electron chi connectivity index (χ3n) is 5.57. The number of rotatable bonds is 4. The Morgan fingerprint density at radius 3 is 2.06 bits per heavy atom. The number of thioether (sulfide) groups is 1. The number of carbonyl (C=O) groups is 1. The van der Waals surface area contributed by atoms with Gasteiger partial charge in [-0.25, -0.2) is 14.3 Å². The van der Waals surface area contributed by atoms with Crippen LogP contribution >= 0.6 is 11.8 Å². The molecule has 34 heavy (non-hydrogen) atoms. The molecule has 5 nitrogen and oxygen atoms in total. The van der Waals surface area contributed by atoms with Crippen molar-refractivity contribution in [2.45, 2.75) is 16.2 Å². The Labute approximate surface area is 197 Å². The van der Waals surface area contributed by atoms with Gasteiger partial charge in [0.15, 0.2) is 5.16 Å². The van der Waals surface area contributed by atoms with Crippen LogP contribution in [0.4, 0.5) is 18.0 Å². The SMILES string of the molecule is COc1ccc([C@]2(C(F)(F)F)NC(=O)n3c(nc(-c4ccccc4)c3-c3ccccc3)S2)cc1. The number of hydrogen-bond acceptors (Lipinski definition) is 4. The van der Waals surface area contributed by atoms with E-state index < -0.39 is 17.1 Å². The summed E-state index contributed by atoms with van der Waals surface area (Å²) in [6, 6.07) is 22.7. The van der Waals surface area contributed by atoms with Gasteiger partial charge in [-0.15, -0.1) is 0 Å². The molecule has 0 saturated carbocycles. The minimum absolute atomic E-state index is 0.0467. The van der Waals surface area contributed by atoms with E-state index in [-0.39, 0.29) is 10.7 Å². The van der Waals surface area contributed by atoms with Gasteiger partial charge in [-0.05, 0) is 29.5 Å². The molecule has 1 amide bonds. The van der Waals surface area contributed by atoms with Crippen LogP contribution in [0.5, 0.6) is 5.75 Å². The number of halogens is 3. The largest absolute Gasteiger partial charge is 0.497 e. The summed E-state index contributed by atoms with van der Waals surface area (Å²) in [5, 5.41) is 2.19. The highest BCUT2D eigenvalue weighted by molar-refractivity contribution is 8.00. The Hall–Kier alpha value is -3.72. The van der Waals surface area contributed by atoms with E-state index in [1.165, 1.54) is 35.9 Å². The molecule has 1 N–H and O–H groups in total. The summed E-state index contributed by atoms with van der Waals surface area (Å²) in [4.78, 5) is 15.2. The van der Waals surface area contributed by atoms with Crippen molar-refractivity contribution in [3.63, 3.8) is 0 Å². The summed E-state index contributed by atoms with van der Waals surface area (Å²) >= 11 is 0.460. The van der Waals surface area contributed by atoms with Crippen LogP contribution in [0.15, 0.2) is 90.1 Å². The van der Waals surface area contributed by atoms with Crippen molar-refractivity contribution >= 4 is 17.8 Å². The fraction of sp³-hybridized carbons (Fsp3) is 0.120. The maximum Gasteiger partial charge on any atom is 0.425 e. The number of benzene rings is 3. The number of methoxy groups -OCH3 is 1. The van der Waals surface area contributed by atoms with E-state index in [4.69, 9.17) is 4.74 Å². The zero-order valence-corrected chi connectivity index (χ0v) is 18.7. The molecule has 1 atom stereocenters. The highest BCUT2D eigenvalue weighted by Gasteiger charge is 2.61. The molecule has 9 heteroatoms. The van der Waals surface area contributed by atoms with E-state index in [0.29, 0.717) is 40.0 Å². The van der Waals surface area contributed by atoms with Crippen molar-refractivity contribution in [1.82, 2.24) is 14.9 Å². The lowest BCUT2D eigenvalue weighted by atomic mass is 10.0. The predicted octanol–water partition coefficient (Wildman–Crippen LogP) is 6.30. The van der Waals surface area contributed by atoms with Crippen molar-refractivity contribution < 1.29 is 22.7 Å². The summed E-state index contributed by atoms with van der Waals surface area (Å²) in [5.74, 6) is 0.410. The maximum atomic E-state index is 14.6. The minimum atomic E-state index is -4.81. The quantitative estimate of drug-likeness (QED) is 0.371. The molecule has 0 bridgehead atoms. The van der Waals surface area contributed by atoms with Gasteiger partial charge in [0, 0.05) is 11.1 Å². The van der Waals surface area contributed by atoms with Gasteiger partial charge in [0.2, 0.25) is 4.87 Å². The Kier molecular flexibility index (Phi) is 5.36. The second-order valence-corrected chi connectivity index (χ2v) is 8.78. The van der Waals surface area contributed by atoms with Crippen LogP contribution < -0.4 is 10.1 Å². The van der Waals surface area contributed by atoms with E-state index in [2.05, 4.69) is 10.3 Å². The maximum absolute atomic E-state index is 14.6. The average molecular weight is 481 g/mol. The Balaban J connectivity index is 1.73. The number of hydrogen-bond donors (Lipinski definition) is 1. The lowest BCUT2D eigenvalue weighted by Gasteiger charge is -2.38. The lowest BCUT2D eigenvalue weighted by Crippen LogP contribution is -2.57. The molecule has 5 rings (SSSR count). The Morgan fingerprint density at radius 2 is 1.50 bits per heavy atom. The van der Waals surface area contributed by atoms with Crippen molar-refractivity contribution in [3.8, 4) is 28.3 Å². The third kappa shape index (κ3) is 3.52. The van der Waals surface area contributed by atoms with Gasteiger partial charge in [0.05, 0.1) is 18.5 Å². The van der Waals surface area contributed by atoms with Gasteiger partial charge in [-0.1, -0.05) is 72.8 Å². The first-order valence-electron chi connectivity index (χ1n) is 10.3. The number of nitrogens with zero attached hydrogens (tertiary/aromatic N) is 2. The van der Waals surface area contributed by atoms with Gasteiger partial charge in [0.1, 0.15) is 5.75 Å². The molecule has 1 aliphatic heterocycles. The molecule has 1 aliphatic rings. The van der Waals surface area contributed by atoms with Crippen molar-refractivity contribution in [2.75, 3.05) is 7.11 Å². The number of carbonyl (C=O) groups excluding carboxylic acids is 1. The molecule has 0 radical (unpaired) electrons. The van der Waals surface area contributed by atoms with E-state index in [1.54, 1.807) is 24.3 Å². The standard InChI is InChI=1S/C25H18F3N3O2S/c1-33-19-14-12-18(13-15-19)24(25(26,27)28)30-22(32)31-21(17-10-6-3-7-11-17)20(29-23(31)34-24)16-8-4-2-5-9-16/h2-15H,1H3,(H,30,32)/t24-/m0/s1. The topological polar surface area (TPSA) is 56.1 Å². The highest BCUT2D eigenvalue weighted by atomic mass is 32.2. The first kappa shape index (κ1) is 22.1. The van der Waals surface area contributed by atoms with Crippen LogP contribution in [-0.4, -0.2) is 28.9 Å². The average Bonchev–Trinajstić information content (AvgIpc) is 3.24. The van der Waals surface area contributed by atoms with Crippen LogP contribution in [0, 0.1) is 0 Å². The van der Waals surface area contributed by atoms with Crippen LogP contribution in [0.25, 0.3) is 22.5 Å². The van der Waals surface area contributed by atoms with Crippen LogP contribution in [0.3, 0.4) is 0 Å². The summed E-state index contributed by atoms with van der Waals surface area (Å²) in [6.07, 6.45) is -4.81. The van der Waals surface area contributed by atoms with E-state index in [0.717, 1.165) is 0 Å². The molecular formula is C25H18F3N3O2S. The molecule has 0 unspecified atom stereocenters. The number of ether oxygens (including phenoxy) is 1. The van der Waals surface area contributed by atoms with E-state index in [1.807, 2.05) is 36.4 Å². The van der Waals surface area contributed by atoms with Gasteiger partial charge >= 0.3 is 12.2 Å². The van der Waals surface area contributed by atoms with Crippen molar-refractivity contribution in [1.29, 1.82) is 0 Å². The number of nitrogens with one attached hydrogen (secondary N) is 1. The summed E-state index contributed by atoms with van der Waals surface area (Å²) in [7, 11) is 1.43. The molecule has 0 spiro atoms. The number of fused-ring (bicyclic) bond motifs is 1. The summed E-state index contributed by atoms with van der Waals surface area (Å²) in [6.45, 7) is 0. The van der Waals surface area contributed by atoms with Crippen molar-refractivity contribution in [3.05, 3.63) is 90.5 Å². The van der Waals surface area contributed by atoms with E-state index in [9.17, 15) is 18.0 Å². The molecule has 3 aromatic carbocycles. The van der Waals surface area contributed by atoms with E-state index >= 15 is 0 Å². The molecule has 172 valence electrons. The minimum Gasteiger partial charge on any atom is -0.497 e. The van der Waals surface area contributed by atoms with Gasteiger partial charge < -0.3 is 10.1 Å². The van der Waals surface area contributed by atoms with Crippen LogP contribution in [0.2, 0.25) is 0 Å². The Bertz CT molecular complexity index is 1340. The first-order chi connectivity index (χ1) is 16.3. The van der Waals surface area contributed by atoms with Crippen LogP contribution in [0.1, 0.15) is 5.56 Å². The number of amides is 1. The fourth-order valence-electron chi connectivity index (χ4n) is 3.93. The molecular weight excluding hydrogens is 463 g/mol. The second-order valence-electron chi connectivity index (χ2n) is 7.60. The molecule has 4 aromatic rings. The second kappa shape index (κ2) is 8.25. The molecule has 1 aromatic heterocycles. The van der Waals surface area contributed by atoms with Gasteiger partial charge in [-0.2, -0.15) is 13.2 Å². The number of imidazole rings is 1. The number of aromatic nitrogens is 2. The zero-order chi connectivity index (χ0) is 23.9. The molecule has 0 saturated heterocycles. The predicted molar refractivity (Wildman–Crippen MR) is 124 cm³/mol. The van der Waals surface area contributed by atoms with Gasteiger partial charge in [0.25, 0.3) is 0 Å². The molecule has 0 fully saturated rings. The normalized spacial score (nSPS) is 17.7. The smallest absolute Gasteiger partial charge is 0.425 e. The Morgan fingerprint density at radius 1 is 0.912 bits per heavy atom. The first-order valence-corrected chi connectivity index (χ1v) is 11.1. The monoisotopic (exact) mass is 481 g/mol. The van der Waals surface area contributed by atoms with Crippen LogP contribution in [-0.2, 0) is 4.87 Å².